The van der Waals surface area contributed by atoms with Crippen molar-refractivity contribution >= 4 is 5.91 Å². The first-order chi connectivity index (χ1) is 8.54. The van der Waals surface area contributed by atoms with Crippen LogP contribution in [0, 0.1) is 11.8 Å². The van der Waals surface area contributed by atoms with Gasteiger partial charge in [-0.2, -0.15) is 0 Å². The van der Waals surface area contributed by atoms with E-state index in [-0.39, 0.29) is 24.5 Å². The van der Waals surface area contributed by atoms with Crippen LogP contribution in [0.15, 0.2) is 30.3 Å². The van der Waals surface area contributed by atoms with E-state index in [0.717, 1.165) is 5.56 Å². The van der Waals surface area contributed by atoms with Crippen molar-refractivity contribution in [2.75, 3.05) is 6.61 Å². The number of aliphatic hydroxyl groups excluding tert-OH is 1. The van der Waals surface area contributed by atoms with E-state index < -0.39 is 0 Å². The topological polar surface area (TPSA) is 49.3 Å². The van der Waals surface area contributed by atoms with Gasteiger partial charge in [0.15, 0.2) is 0 Å². The van der Waals surface area contributed by atoms with Crippen molar-refractivity contribution in [3.63, 3.8) is 0 Å². The Kier molecular flexibility index (Phi) is 5.86. The Morgan fingerprint density at radius 2 is 1.83 bits per heavy atom. The first-order valence-corrected chi connectivity index (χ1v) is 6.49. The summed E-state index contributed by atoms with van der Waals surface area (Å²) in [5.41, 5.74) is 1.12. The number of nitrogens with one attached hydrogen (secondary N) is 1. The highest BCUT2D eigenvalue weighted by molar-refractivity contribution is 5.78. The molecule has 100 valence electrons. The van der Waals surface area contributed by atoms with E-state index in [1.807, 2.05) is 51.1 Å². The van der Waals surface area contributed by atoms with Gasteiger partial charge in [0, 0.05) is 5.92 Å². The molecule has 1 rings (SSSR count). The summed E-state index contributed by atoms with van der Waals surface area (Å²) in [6, 6.07) is 9.67. The molecule has 0 aromatic heterocycles. The molecule has 0 aliphatic rings. The quantitative estimate of drug-likeness (QED) is 0.810. The van der Waals surface area contributed by atoms with E-state index in [4.69, 9.17) is 0 Å². The van der Waals surface area contributed by atoms with Gasteiger partial charge >= 0.3 is 0 Å². The summed E-state index contributed by atoms with van der Waals surface area (Å²) in [7, 11) is 0. The SMILES string of the molecule is CC(C)C(C)C(=O)N[C@H](CO)Cc1ccccc1. The molecular weight excluding hydrogens is 226 g/mol. The van der Waals surface area contributed by atoms with Crippen LogP contribution in [0.4, 0.5) is 0 Å². The second-order valence-corrected chi connectivity index (χ2v) is 5.11. The van der Waals surface area contributed by atoms with E-state index in [2.05, 4.69) is 5.32 Å². The Bertz CT molecular complexity index is 362. The second-order valence-electron chi connectivity index (χ2n) is 5.11. The fourth-order valence-corrected chi connectivity index (χ4v) is 1.70. The minimum atomic E-state index is -0.207. The van der Waals surface area contributed by atoms with Gasteiger partial charge in [0.05, 0.1) is 12.6 Å². The van der Waals surface area contributed by atoms with Gasteiger partial charge in [-0.15, -0.1) is 0 Å². The molecule has 2 atom stereocenters. The van der Waals surface area contributed by atoms with Crippen LogP contribution in [0.1, 0.15) is 26.3 Å². The van der Waals surface area contributed by atoms with E-state index in [1.54, 1.807) is 0 Å². The molecule has 0 bridgehead atoms. The van der Waals surface area contributed by atoms with Crippen LogP contribution < -0.4 is 5.32 Å². The standard InChI is InChI=1S/C15H23NO2/c1-11(2)12(3)15(18)16-14(10-17)9-13-7-5-4-6-8-13/h4-8,11-12,14,17H,9-10H2,1-3H3,(H,16,18)/t12?,14-/m0/s1. The predicted octanol–water partition coefficient (Wildman–Crippen LogP) is 2.00. The molecule has 0 aliphatic heterocycles. The minimum absolute atomic E-state index is 0.0139. The fourth-order valence-electron chi connectivity index (χ4n) is 1.70. The van der Waals surface area contributed by atoms with Gasteiger partial charge in [-0.25, -0.2) is 0 Å². The van der Waals surface area contributed by atoms with Crippen LogP contribution in [-0.4, -0.2) is 23.7 Å². The smallest absolute Gasteiger partial charge is 0.223 e. The average Bonchev–Trinajstić information content (AvgIpc) is 2.37. The summed E-state index contributed by atoms with van der Waals surface area (Å²) in [6.07, 6.45) is 0.661. The summed E-state index contributed by atoms with van der Waals surface area (Å²) >= 11 is 0. The number of carbonyl (C=O) groups is 1. The number of amides is 1. The maximum Gasteiger partial charge on any atom is 0.223 e. The van der Waals surface area contributed by atoms with E-state index in [0.29, 0.717) is 12.3 Å². The molecular formula is C15H23NO2. The Morgan fingerprint density at radius 3 is 2.33 bits per heavy atom. The van der Waals surface area contributed by atoms with Gasteiger partial charge in [-0.1, -0.05) is 51.1 Å². The molecule has 1 unspecified atom stereocenters. The number of rotatable bonds is 6. The van der Waals surface area contributed by atoms with Crippen molar-refractivity contribution in [1.29, 1.82) is 0 Å². The van der Waals surface area contributed by atoms with Crippen LogP contribution in [0.2, 0.25) is 0 Å². The largest absolute Gasteiger partial charge is 0.394 e. The number of hydrogen-bond donors (Lipinski definition) is 2. The predicted molar refractivity (Wildman–Crippen MR) is 73.2 cm³/mol. The number of benzene rings is 1. The summed E-state index contributed by atoms with van der Waals surface area (Å²) in [6.45, 7) is 5.92. The van der Waals surface area contributed by atoms with Crippen LogP contribution >= 0.6 is 0 Å². The molecule has 18 heavy (non-hydrogen) atoms. The highest BCUT2D eigenvalue weighted by Gasteiger charge is 2.19. The molecule has 1 aromatic rings. The Labute approximate surface area is 109 Å². The van der Waals surface area contributed by atoms with E-state index in [1.165, 1.54) is 0 Å². The van der Waals surface area contributed by atoms with Gasteiger partial charge < -0.3 is 10.4 Å². The van der Waals surface area contributed by atoms with E-state index >= 15 is 0 Å². The Balaban J connectivity index is 2.55. The molecule has 0 saturated heterocycles. The fraction of sp³-hybridized carbons (Fsp3) is 0.533. The summed E-state index contributed by atoms with van der Waals surface area (Å²) < 4.78 is 0. The van der Waals surface area contributed by atoms with Crippen LogP contribution in [0.5, 0.6) is 0 Å². The maximum absolute atomic E-state index is 11.9. The van der Waals surface area contributed by atoms with Gasteiger partial charge in [0.2, 0.25) is 5.91 Å². The van der Waals surface area contributed by atoms with Crippen LogP contribution in [0.25, 0.3) is 0 Å². The highest BCUT2D eigenvalue weighted by Crippen LogP contribution is 2.10. The van der Waals surface area contributed by atoms with Crippen molar-refractivity contribution in [3.05, 3.63) is 35.9 Å². The molecule has 0 aliphatic carbocycles. The van der Waals surface area contributed by atoms with Crippen LogP contribution in [0.3, 0.4) is 0 Å². The Morgan fingerprint density at radius 1 is 1.22 bits per heavy atom. The first-order valence-electron chi connectivity index (χ1n) is 6.49. The lowest BCUT2D eigenvalue weighted by atomic mass is 9.96. The third-order valence-corrected chi connectivity index (χ3v) is 3.31. The van der Waals surface area contributed by atoms with Gasteiger partial charge in [-0.3, -0.25) is 4.79 Å². The molecule has 1 aromatic carbocycles. The lowest BCUT2D eigenvalue weighted by Crippen LogP contribution is -2.42. The van der Waals surface area contributed by atoms with Gasteiger partial charge in [-0.05, 0) is 17.9 Å². The lowest BCUT2D eigenvalue weighted by molar-refractivity contribution is -0.126. The average molecular weight is 249 g/mol. The Hall–Kier alpha value is -1.35. The molecule has 0 radical (unpaired) electrons. The summed E-state index contributed by atoms with van der Waals surface area (Å²) in [4.78, 5) is 11.9. The van der Waals surface area contributed by atoms with Crippen molar-refractivity contribution in [3.8, 4) is 0 Å². The molecule has 3 heteroatoms. The third-order valence-electron chi connectivity index (χ3n) is 3.31. The number of hydrogen-bond acceptors (Lipinski definition) is 2. The maximum atomic E-state index is 11.9. The molecule has 0 heterocycles. The zero-order valence-electron chi connectivity index (χ0n) is 11.4. The molecule has 0 fully saturated rings. The number of carbonyl (C=O) groups excluding carboxylic acids is 1. The van der Waals surface area contributed by atoms with Crippen molar-refractivity contribution < 1.29 is 9.90 Å². The number of aliphatic hydroxyl groups is 1. The van der Waals surface area contributed by atoms with Crippen molar-refractivity contribution in [1.82, 2.24) is 5.32 Å². The molecule has 1 amide bonds. The molecule has 0 spiro atoms. The van der Waals surface area contributed by atoms with Gasteiger partial charge in [0.1, 0.15) is 0 Å². The monoisotopic (exact) mass is 249 g/mol. The highest BCUT2D eigenvalue weighted by atomic mass is 16.3. The zero-order valence-corrected chi connectivity index (χ0v) is 11.4. The molecule has 2 N–H and O–H groups in total. The lowest BCUT2D eigenvalue weighted by Gasteiger charge is -2.21. The molecule has 3 nitrogen and oxygen atoms in total. The zero-order chi connectivity index (χ0) is 13.5. The van der Waals surface area contributed by atoms with Crippen molar-refractivity contribution in [2.24, 2.45) is 11.8 Å². The summed E-state index contributed by atoms with van der Waals surface area (Å²) in [5.74, 6) is 0.288. The normalized spacial score (nSPS) is 14.3. The second kappa shape index (κ2) is 7.17. The van der Waals surface area contributed by atoms with Gasteiger partial charge in [0.25, 0.3) is 0 Å². The minimum Gasteiger partial charge on any atom is -0.394 e. The van der Waals surface area contributed by atoms with Crippen LogP contribution in [-0.2, 0) is 11.2 Å². The summed E-state index contributed by atoms with van der Waals surface area (Å²) in [5, 5.41) is 12.2. The van der Waals surface area contributed by atoms with E-state index in [9.17, 15) is 9.90 Å². The first kappa shape index (κ1) is 14.7. The third kappa shape index (κ3) is 4.49. The molecule has 0 saturated carbocycles. The van der Waals surface area contributed by atoms with Crippen molar-refractivity contribution in [2.45, 2.75) is 33.2 Å².